The molecular formula is C20H38N2. The topological polar surface area (TPSA) is 24.1 Å². The molecule has 0 aromatic rings. The number of fused-ring (bicyclic) bond motifs is 2. The van der Waals surface area contributed by atoms with E-state index in [4.69, 9.17) is 0 Å². The minimum Gasteiger partial charge on any atom is -0.315 e. The quantitative estimate of drug-likeness (QED) is 0.713. The van der Waals surface area contributed by atoms with Crippen molar-refractivity contribution in [2.75, 3.05) is 19.6 Å². The van der Waals surface area contributed by atoms with E-state index >= 15 is 0 Å². The summed E-state index contributed by atoms with van der Waals surface area (Å²) in [7, 11) is 0. The summed E-state index contributed by atoms with van der Waals surface area (Å²) in [6.45, 7) is 8.59. The molecule has 2 bridgehead atoms. The van der Waals surface area contributed by atoms with E-state index in [0.717, 1.165) is 36.9 Å². The average Bonchev–Trinajstić information content (AvgIpc) is 2.48. The molecule has 0 heterocycles. The molecule has 2 nitrogen and oxygen atoms in total. The van der Waals surface area contributed by atoms with Gasteiger partial charge in [-0.25, -0.2) is 0 Å². The Morgan fingerprint density at radius 1 is 0.864 bits per heavy atom. The van der Waals surface area contributed by atoms with Crippen LogP contribution in [-0.2, 0) is 0 Å². The molecule has 128 valence electrons. The standard InChI is InChI=1S/C20H38N2/c1-20(2)17-11-10-16(19(20)14-17)15-21-12-13-22-18-8-6-4-3-5-7-9-18/h16-19,21-22H,3-15H2,1-2H3/t16-,17+,19+/m0/s1. The van der Waals surface area contributed by atoms with Crippen LogP contribution in [0.1, 0.15) is 78.1 Å². The van der Waals surface area contributed by atoms with Crippen LogP contribution in [-0.4, -0.2) is 25.7 Å². The Hall–Kier alpha value is -0.0800. The molecule has 0 spiro atoms. The first kappa shape index (κ1) is 16.8. The van der Waals surface area contributed by atoms with E-state index in [2.05, 4.69) is 24.5 Å². The first-order valence-corrected chi connectivity index (χ1v) is 10.1. The second-order valence-corrected chi connectivity index (χ2v) is 8.90. The van der Waals surface area contributed by atoms with Crippen LogP contribution in [0.15, 0.2) is 0 Å². The van der Waals surface area contributed by atoms with Crippen LogP contribution in [0.2, 0.25) is 0 Å². The maximum atomic E-state index is 3.80. The van der Waals surface area contributed by atoms with E-state index in [1.165, 1.54) is 70.8 Å². The first-order valence-electron chi connectivity index (χ1n) is 10.1. The molecule has 4 rings (SSSR count). The van der Waals surface area contributed by atoms with Crippen molar-refractivity contribution in [1.82, 2.24) is 10.6 Å². The fourth-order valence-electron chi connectivity index (χ4n) is 5.52. The first-order chi connectivity index (χ1) is 10.7. The van der Waals surface area contributed by atoms with Crippen LogP contribution in [0.3, 0.4) is 0 Å². The third-order valence-electron chi connectivity index (χ3n) is 7.25. The van der Waals surface area contributed by atoms with Gasteiger partial charge in [-0.05, 0) is 61.8 Å². The maximum absolute atomic E-state index is 3.80. The summed E-state index contributed by atoms with van der Waals surface area (Å²) < 4.78 is 0. The van der Waals surface area contributed by atoms with E-state index < -0.39 is 0 Å². The zero-order valence-corrected chi connectivity index (χ0v) is 15.0. The van der Waals surface area contributed by atoms with E-state index in [1.807, 2.05) is 0 Å². The molecule has 0 amide bonds. The highest BCUT2D eigenvalue weighted by Crippen LogP contribution is 2.61. The molecule has 3 atom stereocenters. The molecule has 0 saturated heterocycles. The van der Waals surface area contributed by atoms with Gasteiger partial charge >= 0.3 is 0 Å². The summed E-state index contributed by atoms with van der Waals surface area (Å²) in [4.78, 5) is 0. The molecule has 4 saturated carbocycles. The molecule has 22 heavy (non-hydrogen) atoms. The summed E-state index contributed by atoms with van der Waals surface area (Å²) in [5.41, 5.74) is 0.641. The second-order valence-electron chi connectivity index (χ2n) is 8.90. The molecule has 2 N–H and O–H groups in total. The van der Waals surface area contributed by atoms with Gasteiger partial charge in [0.1, 0.15) is 0 Å². The molecule has 2 heteroatoms. The van der Waals surface area contributed by atoms with E-state index in [1.54, 1.807) is 0 Å². The zero-order valence-electron chi connectivity index (χ0n) is 15.0. The smallest absolute Gasteiger partial charge is 0.00793 e. The lowest BCUT2D eigenvalue weighted by Crippen LogP contribution is -2.54. The molecule has 0 aromatic carbocycles. The number of hydrogen-bond donors (Lipinski definition) is 2. The van der Waals surface area contributed by atoms with Gasteiger partial charge in [0, 0.05) is 19.1 Å². The third-order valence-corrected chi connectivity index (χ3v) is 7.25. The van der Waals surface area contributed by atoms with Crippen molar-refractivity contribution in [2.45, 2.75) is 84.1 Å². The predicted octanol–water partition coefficient (Wildman–Crippen LogP) is 4.35. The summed E-state index contributed by atoms with van der Waals surface area (Å²) >= 11 is 0. The largest absolute Gasteiger partial charge is 0.315 e. The highest BCUT2D eigenvalue weighted by molar-refractivity contribution is 5.03. The fraction of sp³-hybridized carbons (Fsp3) is 1.00. The molecule has 0 aliphatic heterocycles. The highest BCUT2D eigenvalue weighted by atomic mass is 15.0. The van der Waals surface area contributed by atoms with Crippen molar-refractivity contribution in [3.8, 4) is 0 Å². The molecule has 0 unspecified atom stereocenters. The molecule has 0 radical (unpaired) electrons. The summed E-state index contributed by atoms with van der Waals surface area (Å²) in [6, 6.07) is 0.795. The number of hydrogen-bond acceptors (Lipinski definition) is 2. The van der Waals surface area contributed by atoms with Crippen LogP contribution in [0.4, 0.5) is 0 Å². The summed E-state index contributed by atoms with van der Waals surface area (Å²) in [6.07, 6.45) is 14.5. The number of nitrogens with one attached hydrogen (secondary N) is 2. The minimum atomic E-state index is 0.641. The average molecular weight is 307 g/mol. The van der Waals surface area contributed by atoms with Crippen molar-refractivity contribution in [3.05, 3.63) is 0 Å². The lowest BCUT2D eigenvalue weighted by atomic mass is 9.45. The Kier molecular flexibility index (Phi) is 5.84. The normalized spacial score (nSPS) is 35.5. The van der Waals surface area contributed by atoms with Gasteiger partial charge in [-0.2, -0.15) is 0 Å². The highest BCUT2D eigenvalue weighted by Gasteiger charge is 2.53. The second kappa shape index (κ2) is 7.66. The predicted molar refractivity (Wildman–Crippen MR) is 95.1 cm³/mol. The Labute approximate surface area is 138 Å². The van der Waals surface area contributed by atoms with Crippen LogP contribution < -0.4 is 10.6 Å². The van der Waals surface area contributed by atoms with Gasteiger partial charge < -0.3 is 10.6 Å². The third kappa shape index (κ3) is 3.87. The zero-order chi connectivity index (χ0) is 15.4. The Balaban J connectivity index is 1.27. The fourth-order valence-corrected chi connectivity index (χ4v) is 5.52. The van der Waals surface area contributed by atoms with Crippen LogP contribution >= 0.6 is 0 Å². The van der Waals surface area contributed by atoms with Crippen LogP contribution in [0, 0.1) is 23.2 Å². The Bertz CT molecular complexity index is 329. The van der Waals surface area contributed by atoms with Crippen molar-refractivity contribution >= 4 is 0 Å². The SMILES string of the molecule is CC1(C)[C@@H]2CC[C@@H](CNCCNC3CCCCCCC3)[C@H]1C2. The monoisotopic (exact) mass is 306 g/mol. The molecule has 0 aromatic heterocycles. The van der Waals surface area contributed by atoms with Gasteiger partial charge in [0.05, 0.1) is 0 Å². The van der Waals surface area contributed by atoms with Gasteiger partial charge in [0.25, 0.3) is 0 Å². The molecule has 4 aliphatic rings. The van der Waals surface area contributed by atoms with Crippen molar-refractivity contribution in [1.29, 1.82) is 0 Å². The van der Waals surface area contributed by atoms with Gasteiger partial charge in [-0.3, -0.25) is 0 Å². The lowest BCUT2D eigenvalue weighted by Gasteiger charge is -2.60. The van der Waals surface area contributed by atoms with Crippen molar-refractivity contribution < 1.29 is 0 Å². The van der Waals surface area contributed by atoms with Gasteiger partial charge in [-0.15, -0.1) is 0 Å². The van der Waals surface area contributed by atoms with Crippen LogP contribution in [0.5, 0.6) is 0 Å². The van der Waals surface area contributed by atoms with Crippen molar-refractivity contribution in [3.63, 3.8) is 0 Å². The van der Waals surface area contributed by atoms with Crippen LogP contribution in [0.25, 0.3) is 0 Å². The molecule has 4 aliphatic carbocycles. The van der Waals surface area contributed by atoms with Crippen molar-refractivity contribution in [2.24, 2.45) is 23.2 Å². The lowest BCUT2D eigenvalue weighted by molar-refractivity contribution is -0.103. The summed E-state index contributed by atoms with van der Waals surface area (Å²) in [5.74, 6) is 2.98. The molecular weight excluding hydrogens is 268 g/mol. The van der Waals surface area contributed by atoms with E-state index in [9.17, 15) is 0 Å². The summed E-state index contributed by atoms with van der Waals surface area (Å²) in [5, 5.41) is 7.55. The Morgan fingerprint density at radius 3 is 2.27 bits per heavy atom. The Morgan fingerprint density at radius 2 is 1.59 bits per heavy atom. The minimum absolute atomic E-state index is 0.641. The van der Waals surface area contributed by atoms with Gasteiger partial charge in [0.2, 0.25) is 0 Å². The van der Waals surface area contributed by atoms with E-state index in [-0.39, 0.29) is 0 Å². The number of rotatable bonds is 6. The van der Waals surface area contributed by atoms with E-state index in [0.29, 0.717) is 5.41 Å². The van der Waals surface area contributed by atoms with Gasteiger partial charge in [0.15, 0.2) is 0 Å². The molecule has 4 fully saturated rings. The maximum Gasteiger partial charge on any atom is 0.00793 e. The van der Waals surface area contributed by atoms with Gasteiger partial charge in [-0.1, -0.05) is 46.0 Å².